The summed E-state index contributed by atoms with van der Waals surface area (Å²) in [5.74, 6) is -0.965. The van der Waals surface area contributed by atoms with E-state index < -0.39 is 17.4 Å². The van der Waals surface area contributed by atoms with Gasteiger partial charge in [0.25, 0.3) is 0 Å². The van der Waals surface area contributed by atoms with E-state index in [0.717, 1.165) is 0 Å². The van der Waals surface area contributed by atoms with Crippen LogP contribution in [0.4, 0.5) is 4.79 Å². The van der Waals surface area contributed by atoms with Crippen LogP contribution in [0.2, 0.25) is 0 Å². The largest absolute Gasteiger partial charge is 0.481 e. The minimum absolute atomic E-state index is 0.00329. The number of carbonyl (C=O) groups is 2. The molecule has 1 aliphatic heterocycles. The van der Waals surface area contributed by atoms with Gasteiger partial charge in [-0.05, 0) is 20.8 Å². The van der Waals surface area contributed by atoms with Gasteiger partial charge in [0.1, 0.15) is 5.41 Å². The first-order chi connectivity index (χ1) is 9.32. The summed E-state index contributed by atoms with van der Waals surface area (Å²) < 4.78 is 10.2. The van der Waals surface area contributed by atoms with Gasteiger partial charge >= 0.3 is 12.0 Å². The number of methoxy groups -OCH3 is 1. The van der Waals surface area contributed by atoms with Crippen LogP contribution >= 0.6 is 0 Å². The number of aliphatic carboxylic acids is 1. The van der Waals surface area contributed by atoms with E-state index in [-0.39, 0.29) is 25.3 Å². The summed E-state index contributed by atoms with van der Waals surface area (Å²) >= 11 is 0. The summed E-state index contributed by atoms with van der Waals surface area (Å²) in [6.45, 7) is 6.59. The average molecular weight is 288 g/mol. The third kappa shape index (κ3) is 3.61. The maximum atomic E-state index is 12.3. The van der Waals surface area contributed by atoms with Crippen molar-refractivity contribution in [2.75, 3.05) is 33.5 Å². The van der Waals surface area contributed by atoms with E-state index in [1.165, 1.54) is 0 Å². The zero-order valence-corrected chi connectivity index (χ0v) is 12.5. The van der Waals surface area contributed by atoms with Crippen LogP contribution in [-0.2, 0) is 14.3 Å². The molecule has 2 unspecified atom stereocenters. The fourth-order valence-corrected chi connectivity index (χ4v) is 2.10. The van der Waals surface area contributed by atoms with Crippen molar-refractivity contribution in [2.24, 2.45) is 5.41 Å². The van der Waals surface area contributed by atoms with Crippen LogP contribution in [0.15, 0.2) is 0 Å². The van der Waals surface area contributed by atoms with Gasteiger partial charge in [-0.25, -0.2) is 4.79 Å². The highest BCUT2D eigenvalue weighted by molar-refractivity contribution is 5.79. The molecule has 0 radical (unpaired) electrons. The number of carboxylic acids is 1. The van der Waals surface area contributed by atoms with Crippen LogP contribution < -0.4 is 5.32 Å². The number of rotatable bonds is 6. The van der Waals surface area contributed by atoms with Gasteiger partial charge in [-0.2, -0.15) is 0 Å². The summed E-state index contributed by atoms with van der Waals surface area (Å²) in [6, 6.07) is -0.820. The van der Waals surface area contributed by atoms with Gasteiger partial charge in [-0.1, -0.05) is 0 Å². The average Bonchev–Trinajstić information content (AvgIpc) is 2.72. The third-order valence-electron chi connectivity index (χ3n) is 3.66. The Hall–Kier alpha value is -1.34. The Bertz CT molecular complexity index is 361. The Morgan fingerprint density at radius 1 is 1.55 bits per heavy atom. The van der Waals surface area contributed by atoms with E-state index in [1.54, 1.807) is 18.9 Å². The van der Waals surface area contributed by atoms with Crippen molar-refractivity contribution in [3.63, 3.8) is 0 Å². The lowest BCUT2D eigenvalue weighted by Gasteiger charge is -2.31. The van der Waals surface area contributed by atoms with Crippen LogP contribution in [-0.4, -0.2) is 67.6 Å². The molecule has 1 saturated heterocycles. The van der Waals surface area contributed by atoms with Gasteiger partial charge < -0.3 is 24.8 Å². The van der Waals surface area contributed by atoms with Crippen molar-refractivity contribution in [2.45, 2.75) is 32.9 Å². The normalized spacial score (nSPS) is 25.8. The lowest BCUT2D eigenvalue weighted by atomic mass is 9.85. The zero-order valence-electron chi connectivity index (χ0n) is 12.5. The molecule has 2 amide bonds. The Morgan fingerprint density at radius 3 is 2.70 bits per heavy atom. The molecule has 1 fully saturated rings. The number of carboxylic acid groups (broad SMARTS) is 1. The number of nitrogens with one attached hydrogen (secondary N) is 1. The highest BCUT2D eigenvalue weighted by Crippen LogP contribution is 2.28. The second kappa shape index (κ2) is 6.90. The molecule has 1 aliphatic rings. The number of hydrogen-bond acceptors (Lipinski definition) is 4. The number of urea groups is 1. The highest BCUT2D eigenvalue weighted by Gasteiger charge is 2.47. The summed E-state index contributed by atoms with van der Waals surface area (Å²) in [6.07, 6.45) is 0. The molecule has 7 nitrogen and oxygen atoms in total. The molecule has 1 rings (SSSR count). The van der Waals surface area contributed by atoms with E-state index in [2.05, 4.69) is 5.32 Å². The molecule has 116 valence electrons. The van der Waals surface area contributed by atoms with E-state index in [0.29, 0.717) is 13.2 Å². The van der Waals surface area contributed by atoms with Crippen LogP contribution in [0, 0.1) is 5.41 Å². The Balaban J connectivity index is 2.70. The number of hydrogen-bond donors (Lipinski definition) is 2. The van der Waals surface area contributed by atoms with E-state index >= 15 is 0 Å². The standard InChI is InChI=1S/C13H24N2O5/c1-9(2)15(5-6-19-4)12(18)14-10-7-20-8-13(10,3)11(16)17/h9-10H,5-8H2,1-4H3,(H,14,18)(H,16,17). The zero-order chi connectivity index (χ0) is 15.3. The van der Waals surface area contributed by atoms with Gasteiger partial charge in [-0.3, -0.25) is 4.79 Å². The predicted octanol–water partition coefficient (Wildman–Crippen LogP) is 0.543. The van der Waals surface area contributed by atoms with Crippen LogP contribution in [0.5, 0.6) is 0 Å². The number of ether oxygens (including phenoxy) is 2. The molecular formula is C13H24N2O5. The maximum Gasteiger partial charge on any atom is 0.318 e. The summed E-state index contributed by atoms with van der Waals surface area (Å²) in [4.78, 5) is 25.2. The minimum atomic E-state index is -1.08. The fourth-order valence-electron chi connectivity index (χ4n) is 2.10. The van der Waals surface area contributed by atoms with Gasteiger partial charge in [0.15, 0.2) is 0 Å². The van der Waals surface area contributed by atoms with Crippen molar-refractivity contribution >= 4 is 12.0 Å². The Labute approximate surface area is 119 Å². The van der Waals surface area contributed by atoms with Crippen molar-refractivity contribution in [1.82, 2.24) is 10.2 Å². The molecule has 0 bridgehead atoms. The smallest absolute Gasteiger partial charge is 0.318 e. The first-order valence-electron chi connectivity index (χ1n) is 6.70. The first-order valence-corrected chi connectivity index (χ1v) is 6.70. The Morgan fingerprint density at radius 2 is 2.20 bits per heavy atom. The summed E-state index contributed by atoms with van der Waals surface area (Å²) in [7, 11) is 1.57. The number of nitrogens with zero attached hydrogens (tertiary/aromatic N) is 1. The Kier molecular flexibility index (Phi) is 5.76. The van der Waals surface area contributed by atoms with E-state index in [1.807, 2.05) is 13.8 Å². The fraction of sp³-hybridized carbons (Fsp3) is 0.846. The quantitative estimate of drug-likeness (QED) is 0.745. The molecule has 0 aromatic rings. The first kappa shape index (κ1) is 16.7. The van der Waals surface area contributed by atoms with Gasteiger partial charge in [0.2, 0.25) is 0 Å². The molecule has 2 N–H and O–H groups in total. The van der Waals surface area contributed by atoms with Crippen molar-refractivity contribution in [3.05, 3.63) is 0 Å². The van der Waals surface area contributed by atoms with E-state index in [4.69, 9.17) is 9.47 Å². The van der Waals surface area contributed by atoms with Crippen LogP contribution in [0.25, 0.3) is 0 Å². The SMILES string of the molecule is COCCN(C(=O)NC1COCC1(C)C(=O)O)C(C)C. The lowest BCUT2D eigenvalue weighted by molar-refractivity contribution is -0.148. The minimum Gasteiger partial charge on any atom is -0.481 e. The second-order valence-corrected chi connectivity index (χ2v) is 5.52. The van der Waals surface area contributed by atoms with Gasteiger partial charge in [0, 0.05) is 19.7 Å². The summed E-state index contributed by atoms with van der Waals surface area (Å²) in [5.41, 5.74) is -1.08. The molecular weight excluding hydrogens is 264 g/mol. The molecule has 20 heavy (non-hydrogen) atoms. The highest BCUT2D eigenvalue weighted by atomic mass is 16.5. The molecule has 0 aliphatic carbocycles. The summed E-state index contributed by atoms with van der Waals surface area (Å²) in [5, 5.41) is 12.0. The second-order valence-electron chi connectivity index (χ2n) is 5.52. The molecule has 0 saturated carbocycles. The van der Waals surface area contributed by atoms with Crippen molar-refractivity contribution in [1.29, 1.82) is 0 Å². The number of amides is 2. The van der Waals surface area contributed by atoms with Crippen molar-refractivity contribution < 1.29 is 24.2 Å². The van der Waals surface area contributed by atoms with Crippen molar-refractivity contribution in [3.8, 4) is 0 Å². The van der Waals surface area contributed by atoms with Gasteiger partial charge in [-0.15, -0.1) is 0 Å². The molecule has 7 heteroatoms. The predicted molar refractivity (Wildman–Crippen MR) is 72.6 cm³/mol. The molecule has 0 aromatic heterocycles. The molecule has 2 atom stereocenters. The lowest BCUT2D eigenvalue weighted by Crippen LogP contribution is -2.55. The van der Waals surface area contributed by atoms with Crippen LogP contribution in [0.3, 0.4) is 0 Å². The number of carbonyl (C=O) groups excluding carboxylic acids is 1. The third-order valence-corrected chi connectivity index (χ3v) is 3.66. The van der Waals surface area contributed by atoms with E-state index in [9.17, 15) is 14.7 Å². The molecule has 0 spiro atoms. The monoisotopic (exact) mass is 288 g/mol. The maximum absolute atomic E-state index is 12.3. The molecule has 0 aromatic carbocycles. The van der Waals surface area contributed by atoms with Crippen LogP contribution in [0.1, 0.15) is 20.8 Å². The topological polar surface area (TPSA) is 88.1 Å². The molecule has 1 heterocycles. The van der Waals surface area contributed by atoms with Gasteiger partial charge in [0.05, 0.1) is 25.9 Å².